The van der Waals surface area contributed by atoms with E-state index in [2.05, 4.69) is 31.0 Å². The molecule has 0 aliphatic rings. The third kappa shape index (κ3) is 7.25. The van der Waals surface area contributed by atoms with Gasteiger partial charge in [0.2, 0.25) is 5.91 Å². The zero-order valence-corrected chi connectivity index (χ0v) is 14.3. The molecule has 0 saturated carbocycles. The summed E-state index contributed by atoms with van der Waals surface area (Å²) in [6.45, 7) is 14.9. The SMILES string of the molecule is CCCN(CCCCC(C)(NC(C)C)C(N)=O)C(C)C. The fourth-order valence-corrected chi connectivity index (χ4v) is 2.61. The molecule has 0 aromatic heterocycles. The van der Waals surface area contributed by atoms with Crippen LogP contribution in [-0.2, 0) is 4.79 Å². The van der Waals surface area contributed by atoms with Crippen molar-refractivity contribution in [3.05, 3.63) is 0 Å². The molecule has 1 unspecified atom stereocenters. The molecule has 3 N–H and O–H groups in total. The largest absolute Gasteiger partial charge is 0.368 e. The Bertz CT molecular complexity index is 279. The van der Waals surface area contributed by atoms with Gasteiger partial charge in [0.25, 0.3) is 0 Å². The summed E-state index contributed by atoms with van der Waals surface area (Å²) in [6.07, 6.45) is 4.12. The minimum atomic E-state index is -0.582. The van der Waals surface area contributed by atoms with E-state index in [1.165, 1.54) is 6.42 Å². The van der Waals surface area contributed by atoms with Crippen molar-refractivity contribution >= 4 is 5.91 Å². The van der Waals surface area contributed by atoms with E-state index in [0.29, 0.717) is 6.04 Å². The number of amides is 1. The lowest BCUT2D eigenvalue weighted by atomic mass is 9.93. The van der Waals surface area contributed by atoms with Crippen molar-refractivity contribution < 1.29 is 4.79 Å². The molecule has 0 fully saturated rings. The smallest absolute Gasteiger partial charge is 0.237 e. The van der Waals surface area contributed by atoms with E-state index in [4.69, 9.17) is 5.73 Å². The van der Waals surface area contributed by atoms with Gasteiger partial charge in [0.15, 0.2) is 0 Å². The van der Waals surface area contributed by atoms with Gasteiger partial charge in [-0.2, -0.15) is 0 Å². The maximum atomic E-state index is 11.6. The number of hydrogen-bond donors (Lipinski definition) is 2. The molecule has 0 bridgehead atoms. The number of rotatable bonds is 11. The lowest BCUT2D eigenvalue weighted by Gasteiger charge is -2.31. The predicted molar refractivity (Wildman–Crippen MR) is 86.7 cm³/mol. The minimum absolute atomic E-state index is 0.250. The molecule has 0 rings (SSSR count). The van der Waals surface area contributed by atoms with Crippen molar-refractivity contribution in [2.24, 2.45) is 5.73 Å². The number of nitrogens with zero attached hydrogens (tertiary/aromatic N) is 1. The summed E-state index contributed by atoms with van der Waals surface area (Å²) in [4.78, 5) is 14.1. The summed E-state index contributed by atoms with van der Waals surface area (Å²) in [5.74, 6) is -0.250. The summed E-state index contributed by atoms with van der Waals surface area (Å²) in [6, 6.07) is 0.853. The summed E-state index contributed by atoms with van der Waals surface area (Å²) < 4.78 is 0. The van der Waals surface area contributed by atoms with E-state index in [-0.39, 0.29) is 11.9 Å². The third-order valence-corrected chi connectivity index (χ3v) is 3.76. The lowest BCUT2D eigenvalue weighted by Crippen LogP contribution is -2.55. The normalized spacial score (nSPS) is 15.1. The van der Waals surface area contributed by atoms with Crippen LogP contribution in [0, 0.1) is 0 Å². The molecule has 0 aliphatic carbocycles. The summed E-state index contributed by atoms with van der Waals surface area (Å²) >= 11 is 0. The van der Waals surface area contributed by atoms with Gasteiger partial charge in [0, 0.05) is 12.1 Å². The molecule has 4 nitrogen and oxygen atoms in total. The van der Waals surface area contributed by atoms with Gasteiger partial charge in [-0.15, -0.1) is 0 Å². The van der Waals surface area contributed by atoms with Crippen LogP contribution in [0.25, 0.3) is 0 Å². The highest BCUT2D eigenvalue weighted by molar-refractivity contribution is 5.84. The first kappa shape index (κ1) is 19.4. The second-order valence-corrected chi connectivity index (χ2v) is 6.58. The zero-order chi connectivity index (χ0) is 15.8. The fraction of sp³-hybridized carbons (Fsp3) is 0.938. The number of hydrogen-bond acceptors (Lipinski definition) is 3. The van der Waals surface area contributed by atoms with Crippen LogP contribution in [-0.4, -0.2) is 41.5 Å². The van der Waals surface area contributed by atoms with Crippen LogP contribution < -0.4 is 11.1 Å². The topological polar surface area (TPSA) is 58.4 Å². The number of carbonyl (C=O) groups is 1. The molecule has 0 spiro atoms. The Morgan fingerprint density at radius 3 is 2.20 bits per heavy atom. The van der Waals surface area contributed by atoms with Crippen LogP contribution >= 0.6 is 0 Å². The quantitative estimate of drug-likeness (QED) is 0.574. The monoisotopic (exact) mass is 285 g/mol. The van der Waals surface area contributed by atoms with Gasteiger partial charge in [0.1, 0.15) is 0 Å². The Hall–Kier alpha value is -0.610. The van der Waals surface area contributed by atoms with Crippen molar-refractivity contribution in [3.8, 4) is 0 Å². The van der Waals surface area contributed by atoms with Crippen molar-refractivity contribution in [2.45, 2.75) is 84.8 Å². The molecular formula is C16H35N3O. The Kier molecular flexibility index (Phi) is 9.06. The van der Waals surface area contributed by atoms with Gasteiger partial charge >= 0.3 is 0 Å². The molecule has 0 saturated heterocycles. The molecule has 1 amide bonds. The highest BCUT2D eigenvalue weighted by atomic mass is 16.1. The number of unbranched alkanes of at least 4 members (excludes halogenated alkanes) is 1. The molecule has 1 atom stereocenters. The second-order valence-electron chi connectivity index (χ2n) is 6.58. The van der Waals surface area contributed by atoms with Crippen molar-refractivity contribution in [3.63, 3.8) is 0 Å². The average Bonchev–Trinajstić information content (AvgIpc) is 2.31. The van der Waals surface area contributed by atoms with Crippen LogP contribution in [0.4, 0.5) is 0 Å². The zero-order valence-electron chi connectivity index (χ0n) is 14.3. The molecule has 0 aromatic rings. The molecule has 0 aromatic carbocycles. The average molecular weight is 285 g/mol. The van der Waals surface area contributed by atoms with Gasteiger partial charge in [-0.25, -0.2) is 0 Å². The summed E-state index contributed by atoms with van der Waals surface area (Å²) in [5.41, 5.74) is 4.96. The second kappa shape index (κ2) is 9.35. The number of primary amides is 1. The fourth-order valence-electron chi connectivity index (χ4n) is 2.61. The first-order valence-corrected chi connectivity index (χ1v) is 8.04. The Labute approximate surface area is 125 Å². The van der Waals surface area contributed by atoms with Gasteiger partial charge in [-0.05, 0) is 73.4 Å². The van der Waals surface area contributed by atoms with Crippen LogP contribution in [0.3, 0.4) is 0 Å². The number of nitrogens with one attached hydrogen (secondary N) is 1. The molecule has 0 aliphatic heterocycles. The molecule has 20 heavy (non-hydrogen) atoms. The van der Waals surface area contributed by atoms with Gasteiger partial charge < -0.3 is 16.0 Å². The van der Waals surface area contributed by atoms with E-state index in [0.717, 1.165) is 32.4 Å². The van der Waals surface area contributed by atoms with Crippen LogP contribution in [0.1, 0.15) is 67.2 Å². The number of nitrogens with two attached hydrogens (primary N) is 1. The van der Waals surface area contributed by atoms with E-state index >= 15 is 0 Å². The highest BCUT2D eigenvalue weighted by Gasteiger charge is 2.30. The Morgan fingerprint density at radius 1 is 1.20 bits per heavy atom. The van der Waals surface area contributed by atoms with Crippen molar-refractivity contribution in [2.75, 3.05) is 13.1 Å². The summed E-state index contributed by atoms with van der Waals surface area (Å²) in [7, 11) is 0. The van der Waals surface area contributed by atoms with Crippen LogP contribution in [0.5, 0.6) is 0 Å². The van der Waals surface area contributed by atoms with Gasteiger partial charge in [-0.1, -0.05) is 6.92 Å². The van der Waals surface area contributed by atoms with Gasteiger partial charge in [0.05, 0.1) is 5.54 Å². The van der Waals surface area contributed by atoms with E-state index in [1.807, 2.05) is 20.8 Å². The first-order chi connectivity index (χ1) is 9.23. The van der Waals surface area contributed by atoms with Crippen LogP contribution in [0.15, 0.2) is 0 Å². The van der Waals surface area contributed by atoms with E-state index < -0.39 is 5.54 Å². The lowest BCUT2D eigenvalue weighted by molar-refractivity contribution is -0.124. The molecule has 0 heterocycles. The standard InChI is InChI=1S/C16H35N3O/c1-7-11-19(14(4)5)12-9-8-10-16(6,15(17)20)18-13(2)3/h13-14,18H,7-12H2,1-6H3,(H2,17,20). The van der Waals surface area contributed by atoms with Crippen molar-refractivity contribution in [1.82, 2.24) is 10.2 Å². The third-order valence-electron chi connectivity index (χ3n) is 3.76. The summed E-state index contributed by atoms with van der Waals surface area (Å²) in [5, 5.41) is 3.30. The van der Waals surface area contributed by atoms with E-state index in [1.54, 1.807) is 0 Å². The molecule has 120 valence electrons. The Morgan fingerprint density at radius 2 is 1.80 bits per heavy atom. The van der Waals surface area contributed by atoms with E-state index in [9.17, 15) is 4.79 Å². The molecular weight excluding hydrogens is 250 g/mol. The van der Waals surface area contributed by atoms with Crippen molar-refractivity contribution in [1.29, 1.82) is 0 Å². The predicted octanol–water partition coefficient (Wildman–Crippen LogP) is 2.52. The molecule has 4 heteroatoms. The maximum Gasteiger partial charge on any atom is 0.237 e. The maximum absolute atomic E-state index is 11.6. The van der Waals surface area contributed by atoms with Gasteiger partial charge in [-0.3, -0.25) is 4.79 Å². The first-order valence-electron chi connectivity index (χ1n) is 8.04. The minimum Gasteiger partial charge on any atom is -0.368 e. The van der Waals surface area contributed by atoms with Crippen LogP contribution in [0.2, 0.25) is 0 Å². The molecule has 0 radical (unpaired) electrons. The highest BCUT2D eigenvalue weighted by Crippen LogP contribution is 2.15. The Balaban J connectivity index is 4.21. The number of carbonyl (C=O) groups excluding carboxylic acids is 1.